The summed E-state index contributed by atoms with van der Waals surface area (Å²) in [6.45, 7) is 1.12. The topological polar surface area (TPSA) is 49.8 Å². The molecular formula is C15H17NO3. The SMILES string of the molecule is COC1CCN(C(=O)c2ccccc2C#CCO)C1. The molecule has 0 aliphatic carbocycles. The summed E-state index contributed by atoms with van der Waals surface area (Å²) in [6.07, 6.45) is 0.992. The minimum atomic E-state index is -0.210. The summed E-state index contributed by atoms with van der Waals surface area (Å²) in [7, 11) is 1.67. The smallest absolute Gasteiger partial charge is 0.255 e. The summed E-state index contributed by atoms with van der Waals surface area (Å²) in [6, 6.07) is 7.21. The monoisotopic (exact) mass is 259 g/mol. The van der Waals surface area contributed by atoms with Crippen LogP contribution in [0, 0.1) is 11.8 Å². The molecule has 1 atom stereocenters. The van der Waals surface area contributed by atoms with Gasteiger partial charge >= 0.3 is 0 Å². The lowest BCUT2D eigenvalue weighted by molar-refractivity contribution is 0.0724. The second-order valence-corrected chi connectivity index (χ2v) is 4.40. The van der Waals surface area contributed by atoms with Crippen LogP contribution in [0.25, 0.3) is 0 Å². The van der Waals surface area contributed by atoms with Gasteiger partial charge in [0.05, 0.1) is 11.7 Å². The molecular weight excluding hydrogens is 242 g/mol. The van der Waals surface area contributed by atoms with Gasteiger partial charge in [0.15, 0.2) is 0 Å². The average Bonchev–Trinajstić information content (AvgIpc) is 2.93. The first kappa shape index (κ1) is 13.6. The molecule has 1 fully saturated rings. The van der Waals surface area contributed by atoms with E-state index in [2.05, 4.69) is 11.8 Å². The predicted molar refractivity (Wildman–Crippen MR) is 71.7 cm³/mol. The van der Waals surface area contributed by atoms with Crippen LogP contribution < -0.4 is 0 Å². The predicted octanol–water partition coefficient (Wildman–Crippen LogP) is 0.891. The number of amides is 1. The molecule has 0 radical (unpaired) electrons. The number of hydrogen-bond acceptors (Lipinski definition) is 3. The van der Waals surface area contributed by atoms with Crippen molar-refractivity contribution in [2.45, 2.75) is 12.5 Å². The molecule has 1 saturated heterocycles. The van der Waals surface area contributed by atoms with Crippen LogP contribution in [-0.4, -0.2) is 48.8 Å². The van der Waals surface area contributed by atoms with E-state index in [9.17, 15) is 4.79 Å². The maximum absolute atomic E-state index is 12.4. The summed E-state index contributed by atoms with van der Waals surface area (Å²) in [5, 5.41) is 8.75. The molecule has 4 nitrogen and oxygen atoms in total. The first-order valence-electron chi connectivity index (χ1n) is 6.27. The van der Waals surface area contributed by atoms with E-state index >= 15 is 0 Å². The van der Waals surface area contributed by atoms with Crippen molar-refractivity contribution in [2.24, 2.45) is 0 Å². The number of hydrogen-bond donors (Lipinski definition) is 1. The van der Waals surface area contributed by atoms with Crippen molar-refractivity contribution in [2.75, 3.05) is 26.8 Å². The quantitative estimate of drug-likeness (QED) is 0.803. The van der Waals surface area contributed by atoms with E-state index in [1.165, 1.54) is 0 Å². The van der Waals surface area contributed by atoms with Crippen LogP contribution in [0.5, 0.6) is 0 Å². The van der Waals surface area contributed by atoms with Gasteiger partial charge in [-0.25, -0.2) is 0 Å². The van der Waals surface area contributed by atoms with Crippen LogP contribution in [0.15, 0.2) is 24.3 Å². The number of methoxy groups -OCH3 is 1. The fraction of sp³-hybridized carbons (Fsp3) is 0.400. The number of carbonyl (C=O) groups excluding carboxylic acids is 1. The molecule has 1 N–H and O–H groups in total. The molecule has 2 rings (SSSR count). The summed E-state index contributed by atoms with van der Waals surface area (Å²) in [4.78, 5) is 14.2. The van der Waals surface area contributed by atoms with Crippen molar-refractivity contribution in [3.8, 4) is 11.8 Å². The van der Waals surface area contributed by atoms with Gasteiger partial charge in [0.1, 0.15) is 6.61 Å². The van der Waals surface area contributed by atoms with Crippen LogP contribution in [0.4, 0.5) is 0 Å². The minimum Gasteiger partial charge on any atom is -0.384 e. The van der Waals surface area contributed by atoms with E-state index in [0.717, 1.165) is 6.42 Å². The van der Waals surface area contributed by atoms with Gasteiger partial charge in [0.2, 0.25) is 0 Å². The molecule has 4 heteroatoms. The Labute approximate surface area is 113 Å². The van der Waals surface area contributed by atoms with Crippen molar-refractivity contribution < 1.29 is 14.6 Å². The fourth-order valence-electron chi connectivity index (χ4n) is 2.19. The van der Waals surface area contributed by atoms with E-state index in [-0.39, 0.29) is 18.6 Å². The van der Waals surface area contributed by atoms with Crippen molar-refractivity contribution in [3.05, 3.63) is 35.4 Å². The third-order valence-corrected chi connectivity index (χ3v) is 3.23. The molecule has 1 heterocycles. The number of carbonyl (C=O) groups is 1. The Bertz CT molecular complexity index is 516. The molecule has 19 heavy (non-hydrogen) atoms. The van der Waals surface area contributed by atoms with Crippen LogP contribution in [0.2, 0.25) is 0 Å². The Morgan fingerprint density at radius 2 is 2.32 bits per heavy atom. The third kappa shape index (κ3) is 3.14. The van der Waals surface area contributed by atoms with E-state index in [1.54, 1.807) is 24.1 Å². The Hall–Kier alpha value is -1.83. The fourth-order valence-corrected chi connectivity index (χ4v) is 2.19. The lowest BCUT2D eigenvalue weighted by Crippen LogP contribution is -2.30. The molecule has 0 aromatic heterocycles. The largest absolute Gasteiger partial charge is 0.384 e. The molecule has 1 unspecified atom stereocenters. The number of ether oxygens (including phenoxy) is 1. The summed E-state index contributed by atoms with van der Waals surface area (Å²) in [5.41, 5.74) is 1.24. The van der Waals surface area contributed by atoms with Gasteiger partial charge < -0.3 is 14.7 Å². The number of aliphatic hydroxyl groups excluding tert-OH is 1. The van der Waals surface area contributed by atoms with Gasteiger partial charge in [0.25, 0.3) is 5.91 Å². The molecule has 1 aromatic carbocycles. The molecule has 0 saturated carbocycles. The van der Waals surface area contributed by atoms with E-state index in [1.807, 2.05) is 12.1 Å². The molecule has 1 aliphatic rings. The van der Waals surface area contributed by atoms with Gasteiger partial charge in [-0.15, -0.1) is 0 Å². The van der Waals surface area contributed by atoms with Crippen molar-refractivity contribution in [1.82, 2.24) is 4.90 Å². The maximum atomic E-state index is 12.4. The van der Waals surface area contributed by atoms with Gasteiger partial charge in [-0.3, -0.25) is 4.79 Å². The summed E-state index contributed by atoms with van der Waals surface area (Å²) >= 11 is 0. The number of nitrogens with zero attached hydrogens (tertiary/aromatic N) is 1. The van der Waals surface area contributed by atoms with Crippen LogP contribution >= 0.6 is 0 Å². The van der Waals surface area contributed by atoms with Gasteiger partial charge in [-0.05, 0) is 18.6 Å². The number of rotatable bonds is 2. The zero-order valence-corrected chi connectivity index (χ0v) is 10.9. The zero-order chi connectivity index (χ0) is 13.7. The average molecular weight is 259 g/mol. The highest BCUT2D eigenvalue weighted by Crippen LogP contribution is 2.17. The highest BCUT2D eigenvalue weighted by Gasteiger charge is 2.27. The van der Waals surface area contributed by atoms with Crippen molar-refractivity contribution in [1.29, 1.82) is 0 Å². The van der Waals surface area contributed by atoms with E-state index in [0.29, 0.717) is 24.2 Å². The molecule has 1 amide bonds. The van der Waals surface area contributed by atoms with Crippen LogP contribution in [0.1, 0.15) is 22.3 Å². The lowest BCUT2D eigenvalue weighted by atomic mass is 10.1. The molecule has 0 bridgehead atoms. The van der Waals surface area contributed by atoms with Crippen molar-refractivity contribution in [3.63, 3.8) is 0 Å². The highest BCUT2D eigenvalue weighted by atomic mass is 16.5. The Kier molecular flexibility index (Phi) is 4.56. The highest BCUT2D eigenvalue weighted by molar-refractivity contribution is 5.96. The summed E-state index contributed by atoms with van der Waals surface area (Å²) < 4.78 is 5.27. The normalized spacial score (nSPS) is 18.0. The molecule has 1 aliphatic heterocycles. The van der Waals surface area contributed by atoms with E-state index < -0.39 is 0 Å². The van der Waals surface area contributed by atoms with E-state index in [4.69, 9.17) is 9.84 Å². The first-order chi connectivity index (χ1) is 9.26. The van der Waals surface area contributed by atoms with Crippen LogP contribution in [0.3, 0.4) is 0 Å². The maximum Gasteiger partial charge on any atom is 0.255 e. The molecule has 1 aromatic rings. The minimum absolute atomic E-state index is 0.0256. The third-order valence-electron chi connectivity index (χ3n) is 3.23. The Morgan fingerprint density at radius 1 is 1.53 bits per heavy atom. The van der Waals surface area contributed by atoms with Gasteiger partial charge in [0, 0.05) is 25.8 Å². The standard InChI is InChI=1S/C15H17NO3/c1-19-13-8-9-16(11-13)15(18)14-7-3-2-5-12(14)6-4-10-17/h2-3,5,7,13,17H,8-11H2,1H3. The second-order valence-electron chi connectivity index (χ2n) is 4.40. The van der Waals surface area contributed by atoms with Crippen molar-refractivity contribution >= 4 is 5.91 Å². The second kappa shape index (κ2) is 6.37. The number of benzene rings is 1. The lowest BCUT2D eigenvalue weighted by Gasteiger charge is -2.17. The number of likely N-dealkylation sites (tertiary alicyclic amines) is 1. The molecule has 100 valence electrons. The Balaban J connectivity index is 2.20. The van der Waals surface area contributed by atoms with Gasteiger partial charge in [-0.1, -0.05) is 24.0 Å². The Morgan fingerprint density at radius 3 is 3.00 bits per heavy atom. The summed E-state index contributed by atoms with van der Waals surface area (Å²) in [5.74, 6) is 5.37. The zero-order valence-electron chi connectivity index (χ0n) is 10.9. The number of aliphatic hydroxyl groups is 1. The first-order valence-corrected chi connectivity index (χ1v) is 6.27. The molecule has 0 spiro atoms. The van der Waals surface area contributed by atoms with Gasteiger partial charge in [-0.2, -0.15) is 0 Å². The van der Waals surface area contributed by atoms with Crippen LogP contribution in [-0.2, 0) is 4.74 Å².